The van der Waals surface area contributed by atoms with E-state index >= 15 is 0 Å². The highest BCUT2D eigenvalue weighted by Gasteiger charge is 2.39. The zero-order valence-corrected chi connectivity index (χ0v) is 20.1. The molecule has 2 aliphatic rings. The smallest absolute Gasteiger partial charge is 0.142 e. The molecule has 9 heteroatoms. The van der Waals surface area contributed by atoms with Gasteiger partial charge in [-0.05, 0) is 49.2 Å². The standard InChI is InChI=1S/C25H32ClFN2O5/c1-32-20-4-2-19(3-5-20)29-10-8-24(30,9-11-29)15-28-12-13-33-17-25(31,16-28)18-34-21-6-7-23(27)22(26)14-21/h2-7,14,30-31H,8-13,15-18H2,1H3/t25-/m0/s1. The Bertz CT molecular complexity index is 955. The molecule has 1 atom stereocenters. The summed E-state index contributed by atoms with van der Waals surface area (Å²) in [5, 5.41) is 22.4. The lowest BCUT2D eigenvalue weighted by Gasteiger charge is -2.42. The second-order valence-corrected chi connectivity index (χ2v) is 9.67. The number of anilines is 1. The maximum absolute atomic E-state index is 13.4. The van der Waals surface area contributed by atoms with Gasteiger partial charge in [-0.2, -0.15) is 0 Å². The van der Waals surface area contributed by atoms with Crippen molar-refractivity contribution in [3.05, 3.63) is 53.3 Å². The third kappa shape index (κ3) is 6.31. The van der Waals surface area contributed by atoms with Gasteiger partial charge in [-0.3, -0.25) is 4.90 Å². The summed E-state index contributed by atoms with van der Waals surface area (Å²) in [5.74, 6) is 0.669. The van der Waals surface area contributed by atoms with Gasteiger partial charge < -0.3 is 29.3 Å². The van der Waals surface area contributed by atoms with Crippen LogP contribution in [0.2, 0.25) is 5.02 Å². The third-order valence-electron chi connectivity index (χ3n) is 6.49. The number of methoxy groups -OCH3 is 1. The first-order valence-electron chi connectivity index (χ1n) is 11.5. The van der Waals surface area contributed by atoms with Gasteiger partial charge in [-0.1, -0.05) is 11.6 Å². The van der Waals surface area contributed by atoms with Gasteiger partial charge in [-0.15, -0.1) is 0 Å². The van der Waals surface area contributed by atoms with Crippen LogP contribution in [0.3, 0.4) is 0 Å². The number of ether oxygens (including phenoxy) is 3. The van der Waals surface area contributed by atoms with Crippen LogP contribution in [0.15, 0.2) is 42.5 Å². The number of benzene rings is 2. The molecule has 0 saturated carbocycles. The van der Waals surface area contributed by atoms with Gasteiger partial charge in [0.05, 0.1) is 30.9 Å². The molecule has 7 nitrogen and oxygen atoms in total. The van der Waals surface area contributed by atoms with Crippen molar-refractivity contribution in [1.29, 1.82) is 0 Å². The Kier molecular flexibility index (Phi) is 7.84. The summed E-state index contributed by atoms with van der Waals surface area (Å²) in [4.78, 5) is 4.30. The second-order valence-electron chi connectivity index (χ2n) is 9.26. The molecule has 2 fully saturated rings. The van der Waals surface area contributed by atoms with E-state index in [1.807, 2.05) is 29.2 Å². The fourth-order valence-corrected chi connectivity index (χ4v) is 4.72. The Morgan fingerprint density at radius 3 is 2.41 bits per heavy atom. The van der Waals surface area contributed by atoms with Crippen molar-refractivity contribution in [2.45, 2.75) is 24.0 Å². The molecule has 2 N–H and O–H groups in total. The molecular weight excluding hydrogens is 463 g/mol. The average Bonchev–Trinajstić information content (AvgIpc) is 3.01. The Labute approximate surface area is 204 Å². The Morgan fingerprint density at radius 2 is 1.74 bits per heavy atom. The highest BCUT2D eigenvalue weighted by molar-refractivity contribution is 6.30. The number of rotatable bonds is 7. The molecule has 2 aliphatic heterocycles. The van der Waals surface area contributed by atoms with E-state index in [-0.39, 0.29) is 18.2 Å². The maximum atomic E-state index is 13.4. The number of hydrogen-bond donors (Lipinski definition) is 2. The summed E-state index contributed by atoms with van der Waals surface area (Å²) in [6, 6.07) is 12.0. The van der Waals surface area contributed by atoms with E-state index in [0.717, 1.165) is 24.5 Å². The topological polar surface area (TPSA) is 74.6 Å². The second kappa shape index (κ2) is 10.7. The number of β-amino-alcohol motifs (C(OH)–C–C–N with tert-alkyl or cyclic N) is 2. The monoisotopic (exact) mass is 494 g/mol. The van der Waals surface area contributed by atoms with Gasteiger partial charge in [0.25, 0.3) is 0 Å². The molecule has 4 rings (SSSR count). The number of hydrogen-bond acceptors (Lipinski definition) is 7. The minimum Gasteiger partial charge on any atom is -0.497 e. The SMILES string of the molecule is COc1ccc(N2CCC(O)(CN3CCOC[C@](O)(COc4ccc(F)c(Cl)c4)C3)CC2)cc1. The van der Waals surface area contributed by atoms with E-state index < -0.39 is 17.0 Å². The van der Waals surface area contributed by atoms with Gasteiger partial charge in [-0.25, -0.2) is 4.39 Å². The van der Waals surface area contributed by atoms with Gasteiger partial charge in [0.15, 0.2) is 0 Å². The van der Waals surface area contributed by atoms with E-state index in [2.05, 4.69) is 4.90 Å². The van der Waals surface area contributed by atoms with Crippen LogP contribution in [0.4, 0.5) is 10.1 Å². The molecule has 0 bridgehead atoms. The number of nitrogens with zero attached hydrogens (tertiary/aromatic N) is 2. The summed E-state index contributed by atoms with van der Waals surface area (Å²) in [6.45, 7) is 3.37. The molecule has 34 heavy (non-hydrogen) atoms. The van der Waals surface area contributed by atoms with Crippen molar-refractivity contribution in [1.82, 2.24) is 4.90 Å². The van der Waals surface area contributed by atoms with E-state index in [9.17, 15) is 14.6 Å². The lowest BCUT2D eigenvalue weighted by molar-refractivity contribution is -0.0742. The van der Waals surface area contributed by atoms with Crippen LogP contribution in [-0.4, -0.2) is 86.0 Å². The van der Waals surface area contributed by atoms with Crippen molar-refractivity contribution in [3.8, 4) is 11.5 Å². The molecule has 0 aromatic heterocycles. The van der Waals surface area contributed by atoms with Crippen LogP contribution in [0, 0.1) is 5.82 Å². The first-order chi connectivity index (χ1) is 16.3. The van der Waals surface area contributed by atoms with Crippen LogP contribution in [0.25, 0.3) is 0 Å². The molecule has 2 aromatic carbocycles. The molecular formula is C25H32ClFN2O5. The van der Waals surface area contributed by atoms with Gasteiger partial charge >= 0.3 is 0 Å². The Morgan fingerprint density at radius 1 is 1.03 bits per heavy atom. The third-order valence-corrected chi connectivity index (χ3v) is 6.78. The Balaban J connectivity index is 1.32. The largest absolute Gasteiger partial charge is 0.497 e. The predicted molar refractivity (Wildman–Crippen MR) is 129 cm³/mol. The lowest BCUT2D eigenvalue weighted by atomic mass is 9.90. The van der Waals surface area contributed by atoms with Gasteiger partial charge in [0.2, 0.25) is 0 Å². The van der Waals surface area contributed by atoms with Crippen LogP contribution in [-0.2, 0) is 4.74 Å². The van der Waals surface area contributed by atoms with E-state index in [1.165, 1.54) is 18.2 Å². The van der Waals surface area contributed by atoms with Crippen molar-refractivity contribution >= 4 is 17.3 Å². The van der Waals surface area contributed by atoms with E-state index in [1.54, 1.807) is 7.11 Å². The fourth-order valence-electron chi connectivity index (χ4n) is 4.55. The van der Waals surface area contributed by atoms with Crippen LogP contribution in [0.1, 0.15) is 12.8 Å². The van der Waals surface area contributed by atoms with Crippen molar-refractivity contribution in [2.24, 2.45) is 0 Å². The molecule has 2 saturated heterocycles. The molecule has 0 unspecified atom stereocenters. The highest BCUT2D eigenvalue weighted by Crippen LogP contribution is 2.29. The quantitative estimate of drug-likeness (QED) is 0.613. The zero-order chi connectivity index (χ0) is 24.2. The summed E-state index contributed by atoms with van der Waals surface area (Å²) in [7, 11) is 1.65. The molecule has 0 spiro atoms. The minimum atomic E-state index is -1.27. The lowest BCUT2D eigenvalue weighted by Crippen LogP contribution is -2.55. The Hall–Kier alpha value is -2.10. The first-order valence-corrected chi connectivity index (χ1v) is 11.9. The van der Waals surface area contributed by atoms with Gasteiger partial charge in [0.1, 0.15) is 29.5 Å². The first kappa shape index (κ1) is 25.0. The van der Waals surface area contributed by atoms with Crippen molar-refractivity contribution in [2.75, 3.05) is 64.6 Å². The van der Waals surface area contributed by atoms with E-state index in [0.29, 0.717) is 44.8 Å². The van der Waals surface area contributed by atoms with Crippen molar-refractivity contribution < 1.29 is 28.8 Å². The molecule has 186 valence electrons. The molecule has 2 aromatic rings. The molecule has 0 amide bonds. The van der Waals surface area contributed by atoms with Crippen LogP contribution >= 0.6 is 11.6 Å². The van der Waals surface area contributed by atoms with E-state index in [4.69, 9.17) is 25.8 Å². The molecule has 0 aliphatic carbocycles. The highest BCUT2D eigenvalue weighted by atomic mass is 35.5. The summed E-state index contributed by atoms with van der Waals surface area (Å²) in [6.07, 6.45) is 1.25. The van der Waals surface area contributed by atoms with Crippen LogP contribution < -0.4 is 14.4 Å². The number of piperidine rings is 1. The summed E-state index contributed by atoms with van der Waals surface area (Å²) < 4.78 is 29.9. The van der Waals surface area contributed by atoms with Crippen LogP contribution in [0.5, 0.6) is 11.5 Å². The summed E-state index contributed by atoms with van der Waals surface area (Å²) in [5.41, 5.74) is -1.00. The fraction of sp³-hybridized carbons (Fsp3) is 0.520. The normalized spacial score (nSPS) is 23.4. The number of halogens is 2. The molecule has 2 heterocycles. The minimum absolute atomic E-state index is 0.0326. The average molecular weight is 495 g/mol. The summed E-state index contributed by atoms with van der Waals surface area (Å²) >= 11 is 5.82. The van der Waals surface area contributed by atoms with Crippen molar-refractivity contribution in [3.63, 3.8) is 0 Å². The maximum Gasteiger partial charge on any atom is 0.142 e. The van der Waals surface area contributed by atoms with Gasteiger partial charge in [0, 0.05) is 44.5 Å². The zero-order valence-electron chi connectivity index (χ0n) is 19.4. The molecule has 0 radical (unpaired) electrons. The predicted octanol–water partition coefficient (Wildman–Crippen LogP) is 2.96. The number of aliphatic hydroxyl groups is 2.